The van der Waals surface area contributed by atoms with Gasteiger partial charge in [-0.3, -0.25) is 5.10 Å². The fourth-order valence-electron chi connectivity index (χ4n) is 3.09. The number of benzene rings is 2. The van der Waals surface area contributed by atoms with Gasteiger partial charge in [0.05, 0.1) is 12.6 Å². The normalized spacial score (nSPS) is 13.6. The van der Waals surface area contributed by atoms with Crippen LogP contribution in [-0.4, -0.2) is 27.3 Å². The molecule has 2 aromatic heterocycles. The van der Waals surface area contributed by atoms with E-state index in [4.69, 9.17) is 14.7 Å². The number of rotatable bonds is 6. The summed E-state index contributed by atoms with van der Waals surface area (Å²) in [6, 6.07) is 18.0. The van der Waals surface area contributed by atoms with E-state index < -0.39 is 0 Å². The Balaban J connectivity index is 1.49. The minimum atomic E-state index is 0.629. The van der Waals surface area contributed by atoms with Gasteiger partial charge in [0.1, 0.15) is 11.6 Å². The summed E-state index contributed by atoms with van der Waals surface area (Å²) in [6.45, 7) is 0. The third-order valence-corrected chi connectivity index (χ3v) is 5.55. The van der Waals surface area contributed by atoms with Gasteiger partial charge in [0.25, 0.3) is 0 Å². The molecule has 0 amide bonds. The zero-order valence-corrected chi connectivity index (χ0v) is 16.2. The maximum atomic E-state index is 5.31. The van der Waals surface area contributed by atoms with Gasteiger partial charge in [-0.2, -0.15) is 5.10 Å². The summed E-state index contributed by atoms with van der Waals surface area (Å²) in [5.41, 5.74) is 2.08. The zero-order valence-electron chi connectivity index (χ0n) is 15.3. The molecule has 1 fully saturated rings. The lowest BCUT2D eigenvalue weighted by atomic mass is 10.2. The van der Waals surface area contributed by atoms with Crippen LogP contribution in [-0.2, 0) is 0 Å². The lowest BCUT2D eigenvalue weighted by Crippen LogP contribution is -1.99. The first-order valence-corrected chi connectivity index (χ1v) is 10.0. The number of aromatic nitrogens is 4. The fraction of sp³-hybridized carbons (Fsp3) is 0.190. The van der Waals surface area contributed by atoms with Crippen molar-refractivity contribution in [1.82, 2.24) is 20.2 Å². The molecule has 0 spiro atoms. The van der Waals surface area contributed by atoms with Crippen LogP contribution in [0.4, 0.5) is 11.6 Å². The van der Waals surface area contributed by atoms with Crippen molar-refractivity contribution in [2.24, 2.45) is 0 Å². The number of nitrogens with one attached hydrogen (secondary N) is 2. The SMILES string of the molecule is COc1cccc(Sc2nc(Nc3cc(C4CC4)[nH]n3)c3ccccc3n2)c1. The average Bonchev–Trinajstić information content (AvgIpc) is 3.47. The van der Waals surface area contributed by atoms with Crippen molar-refractivity contribution in [1.29, 1.82) is 0 Å². The zero-order chi connectivity index (χ0) is 18.9. The first-order valence-electron chi connectivity index (χ1n) is 9.19. The number of methoxy groups -OCH3 is 1. The summed E-state index contributed by atoms with van der Waals surface area (Å²) in [5, 5.41) is 12.5. The maximum absolute atomic E-state index is 5.31. The molecule has 28 heavy (non-hydrogen) atoms. The molecular weight excluding hydrogens is 370 g/mol. The molecule has 0 radical (unpaired) electrons. The van der Waals surface area contributed by atoms with Crippen LogP contribution in [0.5, 0.6) is 5.75 Å². The standard InChI is InChI=1S/C21H19N5OS/c1-27-14-5-4-6-15(11-14)28-21-22-17-8-3-2-7-16(17)20(24-21)23-19-12-18(25-26-19)13-9-10-13/h2-8,11-13H,9-10H2,1H3,(H2,22,23,24,25,26). The van der Waals surface area contributed by atoms with Crippen LogP contribution in [0.1, 0.15) is 24.5 Å². The highest BCUT2D eigenvalue weighted by molar-refractivity contribution is 7.99. The van der Waals surface area contributed by atoms with Crippen LogP contribution in [0.25, 0.3) is 10.9 Å². The molecule has 0 aliphatic heterocycles. The lowest BCUT2D eigenvalue weighted by molar-refractivity contribution is 0.413. The third-order valence-electron chi connectivity index (χ3n) is 4.69. The van der Waals surface area contributed by atoms with E-state index in [1.165, 1.54) is 30.3 Å². The van der Waals surface area contributed by atoms with E-state index in [1.807, 2.05) is 48.5 Å². The van der Waals surface area contributed by atoms with Gasteiger partial charge in [-0.15, -0.1) is 0 Å². The topological polar surface area (TPSA) is 75.7 Å². The number of ether oxygens (including phenoxy) is 1. The Morgan fingerprint density at radius 2 is 1.96 bits per heavy atom. The molecule has 5 rings (SSSR count). The molecule has 1 saturated carbocycles. The Morgan fingerprint density at radius 1 is 1.07 bits per heavy atom. The number of para-hydroxylation sites is 1. The Labute approximate surface area is 166 Å². The highest BCUT2D eigenvalue weighted by atomic mass is 32.2. The van der Waals surface area contributed by atoms with E-state index in [0.29, 0.717) is 11.1 Å². The number of aromatic amines is 1. The van der Waals surface area contributed by atoms with Gasteiger partial charge in [0.15, 0.2) is 11.0 Å². The van der Waals surface area contributed by atoms with E-state index in [0.717, 1.165) is 33.2 Å². The highest BCUT2D eigenvalue weighted by Gasteiger charge is 2.25. The van der Waals surface area contributed by atoms with E-state index in [9.17, 15) is 0 Å². The summed E-state index contributed by atoms with van der Waals surface area (Å²) in [5.74, 6) is 2.98. The minimum absolute atomic E-state index is 0.629. The number of hydrogen-bond acceptors (Lipinski definition) is 6. The fourth-order valence-corrected chi connectivity index (χ4v) is 3.91. The molecule has 2 heterocycles. The van der Waals surface area contributed by atoms with Gasteiger partial charge in [-0.1, -0.05) is 18.2 Å². The highest BCUT2D eigenvalue weighted by Crippen LogP contribution is 2.40. The molecule has 1 aliphatic carbocycles. The van der Waals surface area contributed by atoms with E-state index >= 15 is 0 Å². The summed E-state index contributed by atoms with van der Waals surface area (Å²) >= 11 is 1.51. The number of H-pyrrole nitrogens is 1. The molecule has 140 valence electrons. The second-order valence-electron chi connectivity index (χ2n) is 6.76. The second kappa shape index (κ2) is 7.16. The molecule has 0 unspecified atom stereocenters. The van der Waals surface area contributed by atoms with Gasteiger partial charge >= 0.3 is 0 Å². The molecular formula is C21H19N5OS. The van der Waals surface area contributed by atoms with E-state index in [1.54, 1.807) is 7.11 Å². The summed E-state index contributed by atoms with van der Waals surface area (Å²) < 4.78 is 5.31. The number of anilines is 2. The Kier molecular flexibility index (Phi) is 4.37. The lowest BCUT2D eigenvalue weighted by Gasteiger charge is -2.09. The van der Waals surface area contributed by atoms with Crippen molar-refractivity contribution in [3.63, 3.8) is 0 Å². The van der Waals surface area contributed by atoms with Crippen molar-refractivity contribution >= 4 is 34.3 Å². The first-order chi connectivity index (χ1) is 13.8. The van der Waals surface area contributed by atoms with Crippen LogP contribution in [0, 0.1) is 0 Å². The Bertz CT molecular complexity index is 1140. The second-order valence-corrected chi connectivity index (χ2v) is 7.80. The van der Waals surface area contributed by atoms with E-state index in [-0.39, 0.29) is 0 Å². The maximum Gasteiger partial charge on any atom is 0.195 e. The van der Waals surface area contributed by atoms with Gasteiger partial charge in [0.2, 0.25) is 0 Å². The molecule has 2 aromatic carbocycles. The number of nitrogens with zero attached hydrogens (tertiary/aromatic N) is 3. The third kappa shape index (κ3) is 3.53. The molecule has 0 saturated heterocycles. The molecule has 6 nitrogen and oxygen atoms in total. The molecule has 0 atom stereocenters. The van der Waals surface area contributed by atoms with Crippen LogP contribution in [0.2, 0.25) is 0 Å². The minimum Gasteiger partial charge on any atom is -0.497 e. The van der Waals surface area contributed by atoms with Crippen molar-refractivity contribution in [2.75, 3.05) is 12.4 Å². The average molecular weight is 389 g/mol. The van der Waals surface area contributed by atoms with Crippen LogP contribution in [0.3, 0.4) is 0 Å². The van der Waals surface area contributed by atoms with Crippen molar-refractivity contribution in [3.05, 3.63) is 60.3 Å². The number of fused-ring (bicyclic) bond motifs is 1. The van der Waals surface area contributed by atoms with Gasteiger partial charge in [0, 0.05) is 28.0 Å². The van der Waals surface area contributed by atoms with Crippen LogP contribution < -0.4 is 10.1 Å². The summed E-state index contributed by atoms with van der Waals surface area (Å²) in [6.07, 6.45) is 2.47. The predicted molar refractivity (Wildman–Crippen MR) is 111 cm³/mol. The first kappa shape index (κ1) is 17.1. The van der Waals surface area contributed by atoms with Gasteiger partial charge < -0.3 is 10.1 Å². The predicted octanol–water partition coefficient (Wildman–Crippen LogP) is 5.13. The Hall–Kier alpha value is -3.06. The van der Waals surface area contributed by atoms with Gasteiger partial charge in [-0.05, 0) is 54.9 Å². The summed E-state index contributed by atoms with van der Waals surface area (Å²) in [7, 11) is 1.66. The van der Waals surface area contributed by atoms with Gasteiger partial charge in [-0.25, -0.2) is 9.97 Å². The molecule has 4 aromatic rings. The quantitative estimate of drug-likeness (QED) is 0.445. The largest absolute Gasteiger partial charge is 0.497 e. The molecule has 2 N–H and O–H groups in total. The van der Waals surface area contributed by atoms with Crippen LogP contribution >= 0.6 is 11.8 Å². The van der Waals surface area contributed by atoms with E-state index in [2.05, 4.69) is 21.6 Å². The van der Waals surface area contributed by atoms with Crippen molar-refractivity contribution in [3.8, 4) is 5.75 Å². The van der Waals surface area contributed by atoms with Crippen LogP contribution in [0.15, 0.2) is 64.6 Å². The monoisotopic (exact) mass is 389 g/mol. The molecule has 0 bridgehead atoms. The molecule has 1 aliphatic rings. The molecule has 7 heteroatoms. The number of hydrogen-bond donors (Lipinski definition) is 2. The Morgan fingerprint density at radius 3 is 2.82 bits per heavy atom. The van der Waals surface area contributed by atoms with Crippen molar-refractivity contribution in [2.45, 2.75) is 28.8 Å². The smallest absolute Gasteiger partial charge is 0.195 e. The van der Waals surface area contributed by atoms with Crippen molar-refractivity contribution < 1.29 is 4.74 Å². The summed E-state index contributed by atoms with van der Waals surface area (Å²) in [4.78, 5) is 10.5.